The topological polar surface area (TPSA) is 72.8 Å². The predicted molar refractivity (Wildman–Crippen MR) is 94.0 cm³/mol. The summed E-state index contributed by atoms with van der Waals surface area (Å²) in [6.45, 7) is 6.10. The first-order chi connectivity index (χ1) is 10.6. The number of benzene rings is 1. The first-order valence-corrected chi connectivity index (χ1v) is 7.62. The summed E-state index contributed by atoms with van der Waals surface area (Å²) >= 11 is 5.09. The van der Waals surface area contributed by atoms with Gasteiger partial charge >= 0.3 is 0 Å². The third-order valence-corrected chi connectivity index (χ3v) is 3.42. The monoisotopic (exact) mass is 313 g/mol. The van der Waals surface area contributed by atoms with Crippen molar-refractivity contribution in [3.63, 3.8) is 0 Å². The second-order valence-electron chi connectivity index (χ2n) is 4.91. The molecule has 0 aliphatic rings. The van der Waals surface area contributed by atoms with Gasteiger partial charge in [0, 0.05) is 25.0 Å². The van der Waals surface area contributed by atoms with Crippen LogP contribution in [0.1, 0.15) is 18.1 Å². The highest BCUT2D eigenvalue weighted by molar-refractivity contribution is 7.80. The highest BCUT2D eigenvalue weighted by atomic mass is 32.1. The number of nitrogens with one attached hydrogen (secondary N) is 3. The molecular weight excluding hydrogens is 294 g/mol. The maximum absolute atomic E-state index is 9.29. The van der Waals surface area contributed by atoms with Gasteiger partial charge in [-0.05, 0) is 44.3 Å². The minimum atomic E-state index is 0.548. The summed E-state index contributed by atoms with van der Waals surface area (Å²) in [7, 11) is 0. The minimum Gasteiger partial charge on any atom is -0.367 e. The van der Waals surface area contributed by atoms with Gasteiger partial charge in [0.1, 0.15) is 11.9 Å². The number of thiocarbonyl (C=S) groups is 1. The molecule has 2 aromatic rings. The van der Waals surface area contributed by atoms with Crippen molar-refractivity contribution in [2.45, 2.75) is 13.8 Å². The average Bonchev–Trinajstić information content (AvgIpc) is 2.51. The third-order valence-electron chi connectivity index (χ3n) is 3.13. The zero-order valence-electron chi connectivity index (χ0n) is 12.7. The smallest absolute Gasteiger partial charge is 0.166 e. The lowest BCUT2D eigenvalue weighted by molar-refractivity contribution is 0.853. The molecule has 1 heterocycles. The Bertz CT molecular complexity index is 720. The SMILES string of the molecule is CCNC(=S)NCCNc1nc2ccc(C)cc2cc1C#N. The molecule has 0 atom stereocenters. The van der Waals surface area contributed by atoms with E-state index in [0.717, 1.165) is 23.0 Å². The Labute approximate surface area is 135 Å². The molecule has 5 nitrogen and oxygen atoms in total. The van der Waals surface area contributed by atoms with E-state index in [9.17, 15) is 5.26 Å². The Balaban J connectivity index is 2.06. The van der Waals surface area contributed by atoms with E-state index in [2.05, 4.69) is 27.0 Å². The molecule has 22 heavy (non-hydrogen) atoms. The second kappa shape index (κ2) is 7.57. The van der Waals surface area contributed by atoms with Crippen molar-refractivity contribution < 1.29 is 0 Å². The van der Waals surface area contributed by atoms with Crippen LogP contribution in [0, 0.1) is 18.3 Å². The molecule has 0 aliphatic heterocycles. The number of anilines is 1. The molecule has 0 fully saturated rings. The fourth-order valence-corrected chi connectivity index (χ4v) is 2.34. The molecule has 0 saturated carbocycles. The molecule has 0 spiro atoms. The third kappa shape index (κ3) is 4.06. The standard InChI is InChI=1S/C16H19N5S/c1-3-18-16(22)20-7-6-19-15-13(10-17)9-12-8-11(2)4-5-14(12)21-15/h4-5,8-9H,3,6-7H2,1-2H3,(H,19,21)(H2,18,20,22). The molecule has 1 aromatic heterocycles. The van der Waals surface area contributed by atoms with Crippen molar-refractivity contribution in [1.29, 1.82) is 5.26 Å². The summed E-state index contributed by atoms with van der Waals surface area (Å²) in [4.78, 5) is 4.53. The van der Waals surface area contributed by atoms with Crippen molar-refractivity contribution in [3.05, 3.63) is 35.4 Å². The van der Waals surface area contributed by atoms with E-state index in [1.54, 1.807) is 0 Å². The summed E-state index contributed by atoms with van der Waals surface area (Å²) in [5, 5.41) is 20.2. The lowest BCUT2D eigenvalue weighted by atomic mass is 10.1. The van der Waals surface area contributed by atoms with Crippen LogP contribution in [0.4, 0.5) is 5.82 Å². The Morgan fingerprint density at radius 3 is 2.82 bits per heavy atom. The maximum Gasteiger partial charge on any atom is 0.166 e. The van der Waals surface area contributed by atoms with E-state index in [-0.39, 0.29) is 0 Å². The summed E-state index contributed by atoms with van der Waals surface area (Å²) in [5.74, 6) is 0.607. The van der Waals surface area contributed by atoms with Gasteiger partial charge in [0.25, 0.3) is 0 Å². The molecule has 114 valence electrons. The summed E-state index contributed by atoms with van der Waals surface area (Å²) in [5.41, 5.74) is 2.58. The number of nitriles is 1. The number of fused-ring (bicyclic) bond motifs is 1. The fourth-order valence-electron chi connectivity index (χ4n) is 2.10. The highest BCUT2D eigenvalue weighted by Gasteiger charge is 2.06. The number of rotatable bonds is 5. The van der Waals surface area contributed by atoms with Crippen molar-refractivity contribution >= 4 is 34.1 Å². The number of hydrogen-bond donors (Lipinski definition) is 3. The van der Waals surface area contributed by atoms with Gasteiger partial charge in [-0.1, -0.05) is 11.6 Å². The van der Waals surface area contributed by atoms with Gasteiger partial charge < -0.3 is 16.0 Å². The Kier molecular flexibility index (Phi) is 5.50. The zero-order chi connectivity index (χ0) is 15.9. The minimum absolute atomic E-state index is 0.548. The van der Waals surface area contributed by atoms with Crippen LogP contribution in [0.3, 0.4) is 0 Å². The Morgan fingerprint density at radius 2 is 2.09 bits per heavy atom. The number of aryl methyl sites for hydroxylation is 1. The molecule has 0 amide bonds. The molecule has 2 rings (SSSR count). The van der Waals surface area contributed by atoms with Gasteiger partial charge in [0.15, 0.2) is 5.11 Å². The molecule has 0 saturated heterocycles. The van der Waals surface area contributed by atoms with E-state index in [1.807, 2.05) is 38.1 Å². The van der Waals surface area contributed by atoms with Crippen LogP contribution < -0.4 is 16.0 Å². The predicted octanol–water partition coefficient (Wildman–Crippen LogP) is 2.31. The van der Waals surface area contributed by atoms with Gasteiger partial charge in [0.2, 0.25) is 0 Å². The molecule has 6 heteroatoms. The van der Waals surface area contributed by atoms with E-state index in [0.29, 0.717) is 29.6 Å². The average molecular weight is 313 g/mol. The van der Waals surface area contributed by atoms with Crippen molar-refractivity contribution in [3.8, 4) is 6.07 Å². The summed E-state index contributed by atoms with van der Waals surface area (Å²) in [6.07, 6.45) is 0. The van der Waals surface area contributed by atoms with Crippen LogP contribution in [0.25, 0.3) is 10.9 Å². The van der Waals surface area contributed by atoms with Crippen LogP contribution in [-0.2, 0) is 0 Å². The van der Waals surface area contributed by atoms with Crippen LogP contribution in [0.15, 0.2) is 24.3 Å². The summed E-state index contributed by atoms with van der Waals surface area (Å²) in [6, 6.07) is 10.1. The first-order valence-electron chi connectivity index (χ1n) is 7.21. The first kappa shape index (κ1) is 16.0. The second-order valence-corrected chi connectivity index (χ2v) is 5.31. The van der Waals surface area contributed by atoms with Crippen LogP contribution >= 0.6 is 12.2 Å². The maximum atomic E-state index is 9.29. The van der Waals surface area contributed by atoms with Crippen molar-refractivity contribution in [1.82, 2.24) is 15.6 Å². The van der Waals surface area contributed by atoms with E-state index >= 15 is 0 Å². The molecule has 0 bridgehead atoms. The van der Waals surface area contributed by atoms with Crippen molar-refractivity contribution in [2.75, 3.05) is 25.0 Å². The fraction of sp³-hybridized carbons (Fsp3) is 0.312. The molecule has 3 N–H and O–H groups in total. The number of pyridine rings is 1. The van der Waals surface area contributed by atoms with Gasteiger partial charge in [-0.2, -0.15) is 5.26 Å². The number of hydrogen-bond acceptors (Lipinski definition) is 4. The number of nitrogens with zero attached hydrogens (tertiary/aromatic N) is 2. The quantitative estimate of drug-likeness (QED) is 0.581. The van der Waals surface area contributed by atoms with Crippen LogP contribution in [0.5, 0.6) is 0 Å². The summed E-state index contributed by atoms with van der Waals surface area (Å²) < 4.78 is 0. The van der Waals surface area contributed by atoms with Gasteiger partial charge in [-0.25, -0.2) is 4.98 Å². The number of aromatic nitrogens is 1. The van der Waals surface area contributed by atoms with E-state index < -0.39 is 0 Å². The lowest BCUT2D eigenvalue weighted by Crippen LogP contribution is -2.37. The lowest BCUT2D eigenvalue weighted by Gasteiger charge is -2.11. The van der Waals surface area contributed by atoms with Crippen molar-refractivity contribution in [2.24, 2.45) is 0 Å². The Morgan fingerprint density at radius 1 is 1.27 bits per heavy atom. The highest BCUT2D eigenvalue weighted by Crippen LogP contribution is 2.20. The largest absolute Gasteiger partial charge is 0.367 e. The van der Waals surface area contributed by atoms with Crippen LogP contribution in [0.2, 0.25) is 0 Å². The van der Waals surface area contributed by atoms with Crippen LogP contribution in [-0.4, -0.2) is 29.7 Å². The normalized spacial score (nSPS) is 10.0. The van der Waals surface area contributed by atoms with E-state index in [4.69, 9.17) is 12.2 Å². The molecule has 0 radical (unpaired) electrons. The molecule has 1 aromatic carbocycles. The van der Waals surface area contributed by atoms with Gasteiger partial charge in [-0.3, -0.25) is 0 Å². The Hall–Kier alpha value is -2.39. The molecular formula is C16H19N5S. The zero-order valence-corrected chi connectivity index (χ0v) is 13.5. The molecule has 0 aliphatic carbocycles. The van der Waals surface area contributed by atoms with E-state index in [1.165, 1.54) is 0 Å². The molecule has 0 unspecified atom stereocenters. The van der Waals surface area contributed by atoms with Gasteiger partial charge in [0.05, 0.1) is 11.1 Å². The van der Waals surface area contributed by atoms with Gasteiger partial charge in [-0.15, -0.1) is 0 Å².